The molecule has 0 spiro atoms. The second kappa shape index (κ2) is 6.23. The van der Waals surface area contributed by atoms with Crippen molar-refractivity contribution in [2.45, 2.75) is 19.4 Å². The minimum atomic E-state index is 0.177. The molecule has 3 nitrogen and oxygen atoms in total. The van der Waals surface area contributed by atoms with Crippen LogP contribution in [0.1, 0.15) is 24.4 Å². The lowest BCUT2D eigenvalue weighted by Crippen LogP contribution is -2.23. The fraction of sp³-hybridized carbons (Fsp3) is 0.308. The average Bonchev–Trinajstić information content (AvgIpc) is 2.85. The minimum Gasteiger partial charge on any atom is -0.349 e. The smallest absolute Gasteiger partial charge is 0.107 e. The van der Waals surface area contributed by atoms with Gasteiger partial charge in [-0.05, 0) is 24.2 Å². The highest BCUT2D eigenvalue weighted by Gasteiger charge is 2.13. The molecule has 2 rings (SSSR count). The summed E-state index contributed by atoms with van der Waals surface area (Å²) >= 11 is 12.0. The fourth-order valence-electron chi connectivity index (χ4n) is 1.89. The van der Waals surface area contributed by atoms with Gasteiger partial charge in [0.15, 0.2) is 0 Å². The average molecular weight is 284 g/mol. The number of likely N-dealkylation sites (N-methyl/N-ethyl adjacent to an activating group) is 1. The summed E-state index contributed by atoms with van der Waals surface area (Å²) in [5.41, 5.74) is 1.11. The van der Waals surface area contributed by atoms with Gasteiger partial charge in [-0.15, -0.1) is 0 Å². The van der Waals surface area contributed by atoms with E-state index in [1.807, 2.05) is 24.4 Å². The number of nitrogens with zero attached hydrogens (tertiary/aromatic N) is 1. The molecular formula is C13H15Cl2N3. The Morgan fingerprint density at radius 3 is 2.78 bits per heavy atom. The Kier molecular flexibility index (Phi) is 4.64. The van der Waals surface area contributed by atoms with E-state index in [0.717, 1.165) is 24.4 Å². The molecule has 96 valence electrons. The molecule has 0 bridgehead atoms. The molecule has 0 fully saturated rings. The first-order valence-electron chi connectivity index (χ1n) is 5.87. The minimum absolute atomic E-state index is 0.177. The van der Waals surface area contributed by atoms with Crippen LogP contribution in [0.3, 0.4) is 0 Å². The SMILES string of the molecule is CCNC(Cc1ncc[nH]1)c1ccc(Cl)c(Cl)c1. The van der Waals surface area contributed by atoms with Crippen LogP contribution in [-0.4, -0.2) is 16.5 Å². The van der Waals surface area contributed by atoms with E-state index in [0.29, 0.717) is 10.0 Å². The standard InChI is InChI=1S/C13H15Cl2N3/c1-2-16-12(8-13-17-5-6-18-13)9-3-4-10(14)11(15)7-9/h3-7,12,16H,2,8H2,1H3,(H,17,18). The van der Waals surface area contributed by atoms with Gasteiger partial charge in [0.1, 0.15) is 5.82 Å². The number of imidazole rings is 1. The number of rotatable bonds is 5. The summed E-state index contributed by atoms with van der Waals surface area (Å²) in [5, 5.41) is 4.58. The Bertz CT molecular complexity index is 497. The number of hydrogen-bond acceptors (Lipinski definition) is 2. The Morgan fingerprint density at radius 1 is 1.33 bits per heavy atom. The molecule has 2 aromatic rings. The zero-order chi connectivity index (χ0) is 13.0. The number of aromatic nitrogens is 2. The molecule has 1 aromatic carbocycles. The van der Waals surface area contributed by atoms with E-state index in [1.165, 1.54) is 0 Å². The zero-order valence-corrected chi connectivity index (χ0v) is 11.6. The topological polar surface area (TPSA) is 40.7 Å². The van der Waals surface area contributed by atoms with Gasteiger partial charge in [0.25, 0.3) is 0 Å². The van der Waals surface area contributed by atoms with Gasteiger partial charge in [0.2, 0.25) is 0 Å². The number of halogens is 2. The monoisotopic (exact) mass is 283 g/mol. The molecule has 0 saturated carbocycles. The molecule has 1 aromatic heterocycles. The summed E-state index contributed by atoms with van der Waals surface area (Å²) < 4.78 is 0. The maximum absolute atomic E-state index is 6.06. The van der Waals surface area contributed by atoms with Crippen LogP contribution in [0.2, 0.25) is 10.0 Å². The van der Waals surface area contributed by atoms with Crippen LogP contribution in [-0.2, 0) is 6.42 Å². The number of H-pyrrole nitrogens is 1. The lowest BCUT2D eigenvalue weighted by molar-refractivity contribution is 0.539. The molecule has 0 radical (unpaired) electrons. The highest BCUT2D eigenvalue weighted by molar-refractivity contribution is 6.42. The number of nitrogens with one attached hydrogen (secondary N) is 2. The van der Waals surface area contributed by atoms with Crippen LogP contribution in [0.25, 0.3) is 0 Å². The fourth-order valence-corrected chi connectivity index (χ4v) is 2.19. The summed E-state index contributed by atoms with van der Waals surface area (Å²) in [5.74, 6) is 0.951. The maximum atomic E-state index is 6.06. The normalized spacial score (nSPS) is 12.6. The van der Waals surface area contributed by atoms with Gasteiger partial charge < -0.3 is 10.3 Å². The van der Waals surface area contributed by atoms with E-state index >= 15 is 0 Å². The third-order valence-corrected chi connectivity index (χ3v) is 3.49. The lowest BCUT2D eigenvalue weighted by atomic mass is 10.0. The van der Waals surface area contributed by atoms with Crippen molar-refractivity contribution in [1.29, 1.82) is 0 Å². The van der Waals surface area contributed by atoms with Crippen LogP contribution in [0.15, 0.2) is 30.6 Å². The molecule has 1 unspecified atom stereocenters. The highest BCUT2D eigenvalue weighted by Crippen LogP contribution is 2.26. The zero-order valence-electron chi connectivity index (χ0n) is 10.1. The predicted octanol–water partition coefficient (Wildman–Crippen LogP) is 3.61. The largest absolute Gasteiger partial charge is 0.349 e. The van der Waals surface area contributed by atoms with Crippen LogP contribution in [0, 0.1) is 0 Å². The molecular weight excluding hydrogens is 269 g/mol. The molecule has 1 atom stereocenters. The van der Waals surface area contributed by atoms with Crippen molar-refractivity contribution < 1.29 is 0 Å². The Morgan fingerprint density at radius 2 is 2.17 bits per heavy atom. The second-order valence-electron chi connectivity index (χ2n) is 4.02. The van der Waals surface area contributed by atoms with Gasteiger partial charge in [-0.3, -0.25) is 0 Å². The number of aromatic amines is 1. The summed E-state index contributed by atoms with van der Waals surface area (Å²) in [6, 6.07) is 5.90. The Balaban J connectivity index is 2.20. The van der Waals surface area contributed by atoms with Gasteiger partial charge in [-0.2, -0.15) is 0 Å². The van der Waals surface area contributed by atoms with Crippen molar-refractivity contribution in [3.63, 3.8) is 0 Å². The van der Waals surface area contributed by atoms with Gasteiger partial charge in [0, 0.05) is 24.9 Å². The van der Waals surface area contributed by atoms with Crippen LogP contribution in [0.4, 0.5) is 0 Å². The molecule has 1 heterocycles. The van der Waals surface area contributed by atoms with E-state index in [2.05, 4.69) is 22.2 Å². The summed E-state index contributed by atoms with van der Waals surface area (Å²) in [4.78, 5) is 7.36. The second-order valence-corrected chi connectivity index (χ2v) is 4.84. The first-order chi connectivity index (χ1) is 8.70. The molecule has 5 heteroatoms. The van der Waals surface area contributed by atoms with E-state index in [9.17, 15) is 0 Å². The molecule has 2 N–H and O–H groups in total. The lowest BCUT2D eigenvalue weighted by Gasteiger charge is -2.17. The molecule has 18 heavy (non-hydrogen) atoms. The molecule has 0 aliphatic rings. The van der Waals surface area contributed by atoms with Crippen molar-refractivity contribution in [2.24, 2.45) is 0 Å². The predicted molar refractivity (Wildman–Crippen MR) is 75.2 cm³/mol. The van der Waals surface area contributed by atoms with E-state index < -0.39 is 0 Å². The van der Waals surface area contributed by atoms with E-state index in [4.69, 9.17) is 23.2 Å². The third-order valence-electron chi connectivity index (χ3n) is 2.75. The first kappa shape index (κ1) is 13.4. The third kappa shape index (κ3) is 3.25. The first-order valence-corrected chi connectivity index (χ1v) is 6.63. The van der Waals surface area contributed by atoms with E-state index in [1.54, 1.807) is 6.20 Å². The van der Waals surface area contributed by atoms with Crippen molar-refractivity contribution in [1.82, 2.24) is 15.3 Å². The van der Waals surface area contributed by atoms with Gasteiger partial charge in [-0.25, -0.2) is 4.98 Å². The van der Waals surface area contributed by atoms with Crippen molar-refractivity contribution >= 4 is 23.2 Å². The Hall–Kier alpha value is -1.03. The van der Waals surface area contributed by atoms with Gasteiger partial charge in [-0.1, -0.05) is 36.2 Å². The van der Waals surface area contributed by atoms with Crippen molar-refractivity contribution in [2.75, 3.05) is 6.54 Å². The maximum Gasteiger partial charge on any atom is 0.107 e. The van der Waals surface area contributed by atoms with Crippen LogP contribution < -0.4 is 5.32 Å². The molecule has 0 aliphatic carbocycles. The van der Waals surface area contributed by atoms with Crippen LogP contribution >= 0.6 is 23.2 Å². The number of hydrogen-bond donors (Lipinski definition) is 2. The quantitative estimate of drug-likeness (QED) is 0.880. The highest BCUT2D eigenvalue weighted by atomic mass is 35.5. The molecule has 0 amide bonds. The molecule has 0 aliphatic heterocycles. The summed E-state index contributed by atoms with van der Waals surface area (Å²) in [6.07, 6.45) is 4.37. The number of benzene rings is 1. The van der Waals surface area contributed by atoms with Crippen molar-refractivity contribution in [3.8, 4) is 0 Å². The Labute approximate surface area is 117 Å². The van der Waals surface area contributed by atoms with Gasteiger partial charge in [0.05, 0.1) is 10.0 Å². The summed E-state index contributed by atoms with van der Waals surface area (Å²) in [7, 11) is 0. The van der Waals surface area contributed by atoms with E-state index in [-0.39, 0.29) is 6.04 Å². The summed E-state index contributed by atoms with van der Waals surface area (Å²) in [6.45, 7) is 2.96. The van der Waals surface area contributed by atoms with Gasteiger partial charge >= 0.3 is 0 Å². The van der Waals surface area contributed by atoms with Crippen molar-refractivity contribution in [3.05, 3.63) is 52.0 Å². The molecule has 0 saturated heterocycles. The van der Waals surface area contributed by atoms with Crippen LogP contribution in [0.5, 0.6) is 0 Å².